The van der Waals surface area contributed by atoms with Crippen molar-refractivity contribution in [2.75, 3.05) is 6.61 Å². The van der Waals surface area contributed by atoms with E-state index in [0.717, 1.165) is 28.4 Å². The number of nitrogens with one attached hydrogen (secondary N) is 1. The van der Waals surface area contributed by atoms with Gasteiger partial charge in [0, 0.05) is 10.9 Å². The van der Waals surface area contributed by atoms with E-state index in [4.69, 9.17) is 21.1 Å². The van der Waals surface area contributed by atoms with Gasteiger partial charge in [-0.2, -0.15) is 5.10 Å². The summed E-state index contributed by atoms with van der Waals surface area (Å²) < 4.78 is 12.6. The van der Waals surface area contributed by atoms with Gasteiger partial charge in [0.05, 0.1) is 17.3 Å². The van der Waals surface area contributed by atoms with Gasteiger partial charge in [-0.25, -0.2) is 5.43 Å². The maximum atomic E-state index is 12.6. The lowest BCUT2D eigenvalue weighted by Crippen LogP contribution is -2.22. The third-order valence-electron chi connectivity index (χ3n) is 6.63. The number of rotatable bonds is 8. The number of fused-ring (bicyclic) bond motifs is 1. The molecular formula is C25H28BrClN2O3. The Bertz CT molecular complexity index is 1010. The van der Waals surface area contributed by atoms with Crippen LogP contribution in [-0.2, 0) is 11.4 Å². The van der Waals surface area contributed by atoms with Crippen molar-refractivity contribution in [3.05, 3.63) is 57.0 Å². The second kappa shape index (κ2) is 9.84. The fourth-order valence-electron chi connectivity index (χ4n) is 4.89. The molecule has 0 heterocycles. The van der Waals surface area contributed by atoms with Gasteiger partial charge in [0.1, 0.15) is 6.61 Å². The smallest absolute Gasteiger partial charge is 0.244 e. The fourth-order valence-corrected chi connectivity index (χ4v) is 5.59. The second-order valence-corrected chi connectivity index (χ2v) is 10.0. The number of nitrogens with zero attached hydrogens (tertiary/aromatic N) is 1. The summed E-state index contributed by atoms with van der Waals surface area (Å²) in [4.78, 5) is 12.6. The van der Waals surface area contributed by atoms with Gasteiger partial charge in [-0.3, -0.25) is 4.79 Å². The Morgan fingerprint density at radius 1 is 1.28 bits per heavy atom. The Morgan fingerprint density at radius 3 is 2.75 bits per heavy atom. The van der Waals surface area contributed by atoms with Crippen LogP contribution in [0, 0.1) is 17.3 Å². The zero-order valence-electron chi connectivity index (χ0n) is 18.4. The minimum Gasteiger partial charge on any atom is -0.490 e. The van der Waals surface area contributed by atoms with Crippen LogP contribution in [0.4, 0.5) is 0 Å². The predicted octanol–water partition coefficient (Wildman–Crippen LogP) is 6.36. The number of amides is 1. The first-order chi connectivity index (χ1) is 15.4. The van der Waals surface area contributed by atoms with Gasteiger partial charge in [0.15, 0.2) is 11.5 Å². The number of carbonyl (C=O) groups is 1. The molecule has 32 heavy (non-hydrogen) atoms. The molecule has 1 N–H and O–H groups in total. The number of halogens is 2. The maximum absolute atomic E-state index is 12.6. The van der Waals surface area contributed by atoms with Crippen LogP contribution < -0.4 is 14.9 Å². The first-order valence-electron chi connectivity index (χ1n) is 11.1. The van der Waals surface area contributed by atoms with Crippen LogP contribution in [0.5, 0.6) is 11.5 Å². The third-order valence-corrected chi connectivity index (χ3v) is 7.47. The van der Waals surface area contributed by atoms with Crippen molar-refractivity contribution in [2.24, 2.45) is 22.4 Å². The molecule has 5 nitrogen and oxygen atoms in total. The lowest BCUT2D eigenvalue weighted by atomic mass is 9.90. The predicted molar refractivity (Wildman–Crippen MR) is 130 cm³/mol. The minimum absolute atomic E-state index is 0.0302. The van der Waals surface area contributed by atoms with Crippen molar-refractivity contribution in [2.45, 2.75) is 46.1 Å². The molecule has 0 bridgehead atoms. The van der Waals surface area contributed by atoms with Crippen molar-refractivity contribution >= 4 is 39.7 Å². The minimum atomic E-state index is 0.0302. The number of benzene rings is 2. The van der Waals surface area contributed by atoms with E-state index >= 15 is 0 Å². The number of carbonyl (C=O) groups excluding carboxylic acids is 1. The van der Waals surface area contributed by atoms with E-state index in [1.54, 1.807) is 6.21 Å². The van der Waals surface area contributed by atoms with Gasteiger partial charge >= 0.3 is 0 Å². The average Bonchev–Trinajstić information content (AvgIpc) is 3.40. The van der Waals surface area contributed by atoms with Crippen LogP contribution in [0.15, 0.2) is 46.0 Å². The molecule has 1 amide bonds. The molecule has 0 aromatic heterocycles. The van der Waals surface area contributed by atoms with Crippen LogP contribution in [0.2, 0.25) is 5.02 Å². The van der Waals surface area contributed by atoms with Crippen molar-refractivity contribution in [1.29, 1.82) is 0 Å². The molecule has 0 radical (unpaired) electrons. The summed E-state index contributed by atoms with van der Waals surface area (Å²) >= 11 is 9.53. The largest absolute Gasteiger partial charge is 0.490 e. The molecule has 3 atom stereocenters. The highest BCUT2D eigenvalue weighted by molar-refractivity contribution is 9.10. The normalized spacial score (nSPS) is 24.1. The molecule has 0 spiro atoms. The summed E-state index contributed by atoms with van der Waals surface area (Å²) in [6.45, 7) is 5.05. The first-order valence-corrected chi connectivity index (χ1v) is 12.3. The molecule has 4 rings (SSSR count). The summed E-state index contributed by atoms with van der Waals surface area (Å²) in [5.74, 6) is 1.88. The summed E-state index contributed by atoms with van der Waals surface area (Å²) in [7, 11) is 0. The van der Waals surface area contributed by atoms with E-state index in [9.17, 15) is 4.79 Å². The second-order valence-electron chi connectivity index (χ2n) is 8.75. The van der Waals surface area contributed by atoms with Crippen molar-refractivity contribution < 1.29 is 14.3 Å². The van der Waals surface area contributed by atoms with E-state index in [0.29, 0.717) is 35.7 Å². The quantitative estimate of drug-likeness (QED) is 0.326. The van der Waals surface area contributed by atoms with Gasteiger partial charge in [0.25, 0.3) is 0 Å². The van der Waals surface area contributed by atoms with E-state index in [1.165, 1.54) is 12.8 Å². The van der Waals surface area contributed by atoms with Gasteiger partial charge in [-0.1, -0.05) is 43.5 Å². The molecule has 0 unspecified atom stereocenters. The summed E-state index contributed by atoms with van der Waals surface area (Å²) in [6, 6.07) is 11.3. The van der Waals surface area contributed by atoms with Crippen molar-refractivity contribution in [3.8, 4) is 11.5 Å². The Labute approximate surface area is 202 Å². The SMILES string of the molecule is CCOc1cc(/C=N\NC(=O)[C@@H]2[C@H]3CCCC[C@@]32C)cc(Br)c1OCc1ccc(Cl)cc1. The van der Waals surface area contributed by atoms with Gasteiger partial charge in [-0.15, -0.1) is 0 Å². The van der Waals surface area contributed by atoms with Crippen LogP contribution in [-0.4, -0.2) is 18.7 Å². The van der Waals surface area contributed by atoms with Gasteiger partial charge in [0.2, 0.25) is 5.91 Å². The summed E-state index contributed by atoms with van der Waals surface area (Å²) in [5, 5.41) is 4.90. The first kappa shape index (κ1) is 23.1. The fraction of sp³-hybridized carbons (Fsp3) is 0.440. The van der Waals surface area contributed by atoms with E-state index in [2.05, 4.69) is 33.4 Å². The number of ether oxygens (including phenoxy) is 2. The number of hydrogen-bond donors (Lipinski definition) is 1. The topological polar surface area (TPSA) is 59.9 Å². The lowest BCUT2D eigenvalue weighted by molar-refractivity contribution is -0.123. The van der Waals surface area contributed by atoms with Gasteiger partial charge in [-0.05, 0) is 82.4 Å². The molecule has 2 fully saturated rings. The molecule has 2 saturated carbocycles. The molecule has 2 aromatic rings. The number of hydrazone groups is 1. The molecule has 2 aliphatic rings. The Balaban J connectivity index is 1.41. The molecule has 0 saturated heterocycles. The Kier molecular flexibility index (Phi) is 7.11. The standard InChI is InChI=1S/C25H28BrClN2O3/c1-3-31-21-13-17(12-20(26)23(21)32-15-16-7-9-18(27)10-8-16)14-28-29-24(30)22-19-6-4-5-11-25(19,22)2/h7-10,12-14,19,22H,3-6,11,15H2,1-2H3,(H,29,30)/b28-14-/t19-,22+,25+/m1/s1. The van der Waals surface area contributed by atoms with Crippen LogP contribution in [0.3, 0.4) is 0 Å². The summed E-state index contributed by atoms with van der Waals surface area (Å²) in [6.07, 6.45) is 6.39. The Morgan fingerprint density at radius 2 is 2.06 bits per heavy atom. The molecular weight excluding hydrogens is 492 g/mol. The average molecular weight is 520 g/mol. The molecule has 0 aliphatic heterocycles. The van der Waals surface area contributed by atoms with Crippen molar-refractivity contribution in [3.63, 3.8) is 0 Å². The third kappa shape index (κ3) is 4.96. The highest BCUT2D eigenvalue weighted by atomic mass is 79.9. The lowest BCUT2D eigenvalue weighted by Gasteiger charge is -2.15. The highest BCUT2D eigenvalue weighted by Gasteiger charge is 2.64. The van der Waals surface area contributed by atoms with Gasteiger partial charge < -0.3 is 9.47 Å². The van der Waals surface area contributed by atoms with E-state index in [1.807, 2.05) is 43.3 Å². The van der Waals surface area contributed by atoms with E-state index in [-0.39, 0.29) is 17.2 Å². The monoisotopic (exact) mass is 518 g/mol. The highest BCUT2D eigenvalue weighted by Crippen LogP contribution is 2.66. The summed E-state index contributed by atoms with van der Waals surface area (Å²) in [5.41, 5.74) is 4.73. The zero-order valence-corrected chi connectivity index (χ0v) is 20.7. The van der Waals surface area contributed by atoms with Crippen LogP contribution in [0.25, 0.3) is 0 Å². The van der Waals surface area contributed by atoms with Crippen LogP contribution in [0.1, 0.15) is 50.7 Å². The molecule has 7 heteroatoms. The molecule has 2 aliphatic carbocycles. The molecule has 170 valence electrons. The number of hydrogen-bond acceptors (Lipinski definition) is 4. The molecule has 2 aromatic carbocycles. The van der Waals surface area contributed by atoms with Crippen LogP contribution >= 0.6 is 27.5 Å². The maximum Gasteiger partial charge on any atom is 0.244 e. The Hall–Kier alpha value is -2.05. The van der Waals surface area contributed by atoms with E-state index < -0.39 is 0 Å². The van der Waals surface area contributed by atoms with Crippen molar-refractivity contribution in [1.82, 2.24) is 5.43 Å². The zero-order chi connectivity index (χ0) is 22.7.